The molecule has 8 nitrogen and oxygen atoms in total. The molecule has 0 aliphatic heterocycles. The summed E-state index contributed by atoms with van der Waals surface area (Å²) in [5.74, 6) is -0.196. The van der Waals surface area contributed by atoms with Gasteiger partial charge in [-0.3, -0.25) is 9.36 Å². The summed E-state index contributed by atoms with van der Waals surface area (Å²) < 4.78 is 23.1. The maximum atomic E-state index is 12.8. The lowest BCUT2D eigenvalue weighted by Crippen LogP contribution is -2.45. The Kier molecular flexibility index (Phi) is 34.5. The summed E-state index contributed by atoms with van der Waals surface area (Å²) in [6.45, 7) is 4.64. The number of nitrogens with one attached hydrogen (secondary N) is 1. The summed E-state index contributed by atoms with van der Waals surface area (Å²) in [6, 6.07) is -0.878. The Labute approximate surface area is 316 Å². The summed E-state index contributed by atoms with van der Waals surface area (Å²) in [6.07, 6.45) is 38.2. The highest BCUT2D eigenvalue weighted by atomic mass is 31.2. The number of allylic oxidation sites excluding steroid dienone is 1. The Morgan fingerprint density at radius 1 is 0.667 bits per heavy atom. The van der Waals surface area contributed by atoms with E-state index < -0.39 is 20.0 Å². The average Bonchev–Trinajstić information content (AvgIpc) is 3.07. The molecule has 3 atom stereocenters. The first-order chi connectivity index (χ1) is 24.5. The molecule has 51 heavy (non-hydrogen) atoms. The standard InChI is InChI=1S/C42H85N2O6P/c1-6-8-10-12-14-16-18-20-21-22-23-24-26-28-30-32-34-36-42(46)43-40(39-50-51(47,48)49-38-37-44(3,4)5)41(45)35-33-31-29-27-25-19-17-15-13-11-9-7-2/h33,35,40-41,45H,6-32,34,36-39H2,1-5H3,(H-,43,46,47,48)/b35-33+. The number of aliphatic hydroxyl groups is 1. The molecule has 1 amide bonds. The number of carbonyl (C=O) groups excluding carboxylic acids is 1. The van der Waals surface area contributed by atoms with Crippen LogP contribution in [0.3, 0.4) is 0 Å². The van der Waals surface area contributed by atoms with Crippen LogP contribution in [0.25, 0.3) is 0 Å². The van der Waals surface area contributed by atoms with Crippen molar-refractivity contribution in [2.24, 2.45) is 0 Å². The normalized spacial score (nSPS) is 14.6. The summed E-state index contributed by atoms with van der Waals surface area (Å²) >= 11 is 0. The fourth-order valence-corrected chi connectivity index (χ4v) is 6.99. The molecule has 0 heterocycles. The van der Waals surface area contributed by atoms with Crippen molar-refractivity contribution in [3.05, 3.63) is 12.2 Å². The second kappa shape index (κ2) is 35.0. The maximum absolute atomic E-state index is 12.8. The van der Waals surface area contributed by atoms with E-state index in [4.69, 9.17) is 9.05 Å². The SMILES string of the molecule is CCCCCCCCCCCC/C=C/C(O)C(COP(=O)([O-])OCC[N+](C)(C)C)NC(=O)CCCCCCCCCCCCCCCCCCC. The van der Waals surface area contributed by atoms with Gasteiger partial charge < -0.3 is 28.8 Å². The molecule has 0 fully saturated rings. The largest absolute Gasteiger partial charge is 0.756 e. The maximum Gasteiger partial charge on any atom is 0.268 e. The van der Waals surface area contributed by atoms with Crippen molar-refractivity contribution in [1.82, 2.24) is 5.32 Å². The molecule has 0 spiro atoms. The van der Waals surface area contributed by atoms with E-state index in [9.17, 15) is 19.4 Å². The minimum absolute atomic E-state index is 0.00191. The molecule has 2 N–H and O–H groups in total. The molecule has 0 radical (unpaired) electrons. The topological polar surface area (TPSA) is 108 Å². The minimum atomic E-state index is -4.58. The lowest BCUT2D eigenvalue weighted by molar-refractivity contribution is -0.870. The van der Waals surface area contributed by atoms with Crippen molar-refractivity contribution in [1.29, 1.82) is 0 Å². The number of aliphatic hydroxyl groups excluding tert-OH is 1. The van der Waals surface area contributed by atoms with Crippen LogP contribution in [0.15, 0.2) is 12.2 Å². The van der Waals surface area contributed by atoms with Crippen molar-refractivity contribution < 1.29 is 32.9 Å². The van der Waals surface area contributed by atoms with Gasteiger partial charge in [-0.25, -0.2) is 0 Å². The van der Waals surface area contributed by atoms with E-state index in [1.54, 1.807) is 6.08 Å². The van der Waals surface area contributed by atoms with Crippen LogP contribution in [0.5, 0.6) is 0 Å². The van der Waals surface area contributed by atoms with Crippen molar-refractivity contribution in [3.63, 3.8) is 0 Å². The quantitative estimate of drug-likeness (QED) is 0.0281. The third-order valence-corrected chi connectivity index (χ3v) is 10.7. The monoisotopic (exact) mass is 745 g/mol. The van der Waals surface area contributed by atoms with Gasteiger partial charge >= 0.3 is 0 Å². The smallest absolute Gasteiger partial charge is 0.268 e. The van der Waals surface area contributed by atoms with Crippen molar-refractivity contribution in [2.75, 3.05) is 40.9 Å². The molecule has 0 saturated carbocycles. The van der Waals surface area contributed by atoms with Crippen molar-refractivity contribution >= 4 is 13.7 Å². The third kappa shape index (κ3) is 37.4. The van der Waals surface area contributed by atoms with E-state index in [2.05, 4.69) is 19.2 Å². The number of hydrogen-bond acceptors (Lipinski definition) is 6. The number of nitrogens with zero attached hydrogens (tertiary/aromatic N) is 1. The summed E-state index contributed by atoms with van der Waals surface area (Å²) in [7, 11) is 1.27. The molecule has 0 aliphatic rings. The van der Waals surface area contributed by atoms with Crippen LogP contribution in [-0.2, 0) is 18.4 Å². The molecule has 0 bridgehead atoms. The molecule has 0 aliphatic carbocycles. The zero-order valence-corrected chi connectivity index (χ0v) is 35.2. The van der Waals surface area contributed by atoms with Gasteiger partial charge in [0.15, 0.2) is 0 Å². The van der Waals surface area contributed by atoms with Crippen LogP contribution < -0.4 is 10.2 Å². The summed E-state index contributed by atoms with van der Waals surface area (Å²) in [4.78, 5) is 25.2. The fourth-order valence-electron chi connectivity index (χ4n) is 6.27. The van der Waals surface area contributed by atoms with Crippen LogP contribution >= 0.6 is 7.82 Å². The van der Waals surface area contributed by atoms with Gasteiger partial charge in [0.2, 0.25) is 5.91 Å². The van der Waals surface area contributed by atoms with Gasteiger partial charge in [-0.15, -0.1) is 0 Å². The second-order valence-electron chi connectivity index (χ2n) is 16.1. The number of quaternary nitrogens is 1. The van der Waals surface area contributed by atoms with Gasteiger partial charge in [0.1, 0.15) is 13.2 Å². The summed E-state index contributed by atoms with van der Waals surface area (Å²) in [5, 5.41) is 13.7. The molecule has 0 saturated heterocycles. The first kappa shape index (κ1) is 50.2. The molecule has 0 rings (SSSR count). The molecule has 9 heteroatoms. The zero-order chi connectivity index (χ0) is 37.9. The van der Waals surface area contributed by atoms with E-state index in [1.807, 2.05) is 27.2 Å². The first-order valence-corrected chi connectivity index (χ1v) is 23.0. The van der Waals surface area contributed by atoms with Crippen molar-refractivity contribution in [3.8, 4) is 0 Å². The number of phosphoric acid groups is 1. The van der Waals surface area contributed by atoms with Crippen LogP contribution in [0, 0.1) is 0 Å². The van der Waals surface area contributed by atoms with E-state index in [1.165, 1.54) is 141 Å². The molecule has 3 unspecified atom stereocenters. The van der Waals surface area contributed by atoms with Gasteiger partial charge in [-0.2, -0.15) is 0 Å². The first-order valence-electron chi connectivity index (χ1n) is 21.6. The molecular formula is C42H85N2O6P. The Balaban J connectivity index is 4.39. The Hall–Kier alpha value is -0.760. The molecular weight excluding hydrogens is 659 g/mol. The number of amides is 1. The predicted molar refractivity (Wildman–Crippen MR) is 215 cm³/mol. The third-order valence-electron chi connectivity index (χ3n) is 9.75. The minimum Gasteiger partial charge on any atom is -0.756 e. The average molecular weight is 745 g/mol. The van der Waals surface area contributed by atoms with E-state index in [-0.39, 0.29) is 19.1 Å². The van der Waals surface area contributed by atoms with Gasteiger partial charge in [0, 0.05) is 6.42 Å². The highest BCUT2D eigenvalue weighted by molar-refractivity contribution is 7.45. The number of unbranched alkanes of at least 4 members (excludes halogenated alkanes) is 26. The number of likely N-dealkylation sites (N-methyl/N-ethyl adjacent to an activating group) is 1. The second-order valence-corrected chi connectivity index (χ2v) is 17.5. The molecule has 0 aromatic rings. The van der Waals surface area contributed by atoms with E-state index in [0.29, 0.717) is 17.4 Å². The highest BCUT2D eigenvalue weighted by Crippen LogP contribution is 2.38. The number of hydrogen-bond donors (Lipinski definition) is 2. The molecule has 0 aromatic carbocycles. The number of carbonyl (C=O) groups is 1. The van der Waals surface area contributed by atoms with Gasteiger partial charge in [-0.05, 0) is 19.3 Å². The fraction of sp³-hybridized carbons (Fsp3) is 0.929. The van der Waals surface area contributed by atoms with E-state index >= 15 is 0 Å². The van der Waals surface area contributed by atoms with Crippen LogP contribution in [0.4, 0.5) is 0 Å². The van der Waals surface area contributed by atoms with Crippen LogP contribution in [-0.4, -0.2) is 68.5 Å². The molecule has 304 valence electrons. The van der Waals surface area contributed by atoms with E-state index in [0.717, 1.165) is 38.5 Å². The molecule has 0 aromatic heterocycles. The van der Waals surface area contributed by atoms with Gasteiger partial charge in [0.05, 0.1) is 39.9 Å². The van der Waals surface area contributed by atoms with Gasteiger partial charge in [0.25, 0.3) is 7.82 Å². The summed E-state index contributed by atoms with van der Waals surface area (Å²) in [5.41, 5.74) is 0. The zero-order valence-electron chi connectivity index (χ0n) is 34.3. The van der Waals surface area contributed by atoms with Crippen molar-refractivity contribution in [2.45, 2.75) is 212 Å². The lowest BCUT2D eigenvalue weighted by Gasteiger charge is -2.29. The van der Waals surface area contributed by atoms with Crippen LogP contribution in [0.2, 0.25) is 0 Å². The number of phosphoric ester groups is 1. The Bertz CT molecular complexity index is 850. The Morgan fingerprint density at radius 2 is 1.06 bits per heavy atom. The number of rotatable bonds is 39. The Morgan fingerprint density at radius 3 is 1.47 bits per heavy atom. The highest BCUT2D eigenvalue weighted by Gasteiger charge is 2.23. The van der Waals surface area contributed by atoms with Gasteiger partial charge in [-0.1, -0.05) is 187 Å². The van der Waals surface area contributed by atoms with Crippen LogP contribution in [0.1, 0.15) is 200 Å². The lowest BCUT2D eigenvalue weighted by atomic mass is 10.0. The predicted octanol–water partition coefficient (Wildman–Crippen LogP) is 10.9.